The second kappa shape index (κ2) is 9.59. The van der Waals surface area contributed by atoms with Crippen LogP contribution in [0.2, 0.25) is 0 Å². The highest BCUT2D eigenvalue weighted by molar-refractivity contribution is 5.86. The molecule has 166 valence electrons. The molecule has 31 heavy (non-hydrogen) atoms. The summed E-state index contributed by atoms with van der Waals surface area (Å²) in [6.07, 6.45) is 2.74. The topological polar surface area (TPSA) is 43.3 Å². The quantitative estimate of drug-likeness (QED) is 0.486. The second-order valence-electron chi connectivity index (χ2n) is 9.90. The highest BCUT2D eigenvalue weighted by Gasteiger charge is 2.31. The zero-order valence-corrected chi connectivity index (χ0v) is 19.7. The number of hydrogen-bond donors (Lipinski definition) is 1. The lowest BCUT2D eigenvalue weighted by molar-refractivity contribution is -0.122. The molecule has 3 rings (SSSR count). The molecule has 3 aromatic rings. The summed E-state index contributed by atoms with van der Waals surface area (Å²) >= 11 is 0. The third-order valence-electron chi connectivity index (χ3n) is 5.85. The van der Waals surface area contributed by atoms with Crippen LogP contribution in [0.15, 0.2) is 54.7 Å². The van der Waals surface area contributed by atoms with Gasteiger partial charge in [0.2, 0.25) is 5.91 Å². The van der Waals surface area contributed by atoms with E-state index in [0.717, 1.165) is 18.8 Å². The van der Waals surface area contributed by atoms with E-state index < -0.39 is 0 Å². The smallest absolute Gasteiger partial charge is 0.220 e. The first-order valence-electron chi connectivity index (χ1n) is 11.2. The van der Waals surface area contributed by atoms with Crippen molar-refractivity contribution in [3.05, 3.63) is 65.9 Å². The minimum absolute atomic E-state index is 0.0375. The molecule has 0 aliphatic heterocycles. The zero-order valence-electron chi connectivity index (χ0n) is 19.7. The molecule has 1 aromatic heterocycles. The van der Waals surface area contributed by atoms with Gasteiger partial charge in [-0.15, -0.1) is 0 Å². The number of carbonyl (C=O) groups excluding carboxylic acids is 1. The highest BCUT2D eigenvalue weighted by atomic mass is 16.5. The fourth-order valence-electron chi connectivity index (χ4n) is 4.07. The Morgan fingerprint density at radius 1 is 1.06 bits per heavy atom. The summed E-state index contributed by atoms with van der Waals surface area (Å²) in [6, 6.07) is 16.7. The molecule has 0 saturated carbocycles. The molecule has 0 spiro atoms. The van der Waals surface area contributed by atoms with Crippen molar-refractivity contribution < 1.29 is 9.53 Å². The Morgan fingerprint density at radius 2 is 1.74 bits per heavy atom. The van der Waals surface area contributed by atoms with Gasteiger partial charge >= 0.3 is 0 Å². The lowest BCUT2D eigenvalue weighted by atomic mass is 9.74. The number of para-hydroxylation sites is 1. The second-order valence-corrected chi connectivity index (χ2v) is 9.90. The number of fused-ring (bicyclic) bond motifs is 1. The van der Waals surface area contributed by atoms with Gasteiger partial charge in [-0.25, -0.2) is 0 Å². The Balaban J connectivity index is 1.96. The standard InChI is InChI=1S/C27H36N2O2/c1-19(2)16-28-26(30)15-24(27(3,4)5)23-18-29(25-10-8-7-9-22(23)25)17-20-11-13-21(31-6)14-12-20/h7-14,18-19,24H,15-17H2,1-6H3,(H,28,30)/t24-/m0/s1. The summed E-state index contributed by atoms with van der Waals surface area (Å²) in [7, 11) is 1.69. The normalized spacial score (nSPS) is 12.9. The lowest BCUT2D eigenvalue weighted by Crippen LogP contribution is -2.31. The largest absolute Gasteiger partial charge is 0.497 e. The number of carbonyl (C=O) groups is 1. The maximum atomic E-state index is 12.7. The first-order valence-corrected chi connectivity index (χ1v) is 11.2. The number of hydrogen-bond acceptors (Lipinski definition) is 2. The Hall–Kier alpha value is -2.75. The van der Waals surface area contributed by atoms with Crippen LogP contribution in [0.4, 0.5) is 0 Å². The van der Waals surface area contributed by atoms with Crippen molar-refractivity contribution in [1.82, 2.24) is 9.88 Å². The van der Waals surface area contributed by atoms with Gasteiger partial charge in [-0.2, -0.15) is 0 Å². The number of benzene rings is 2. The molecule has 0 bridgehead atoms. The van der Waals surface area contributed by atoms with E-state index in [0.29, 0.717) is 12.3 Å². The van der Waals surface area contributed by atoms with Crippen LogP contribution < -0.4 is 10.1 Å². The van der Waals surface area contributed by atoms with Crippen molar-refractivity contribution in [1.29, 1.82) is 0 Å². The van der Waals surface area contributed by atoms with Crippen LogP contribution in [0, 0.1) is 11.3 Å². The van der Waals surface area contributed by atoms with Crippen LogP contribution in [0.1, 0.15) is 58.1 Å². The molecule has 0 fully saturated rings. The number of methoxy groups -OCH3 is 1. The molecule has 1 amide bonds. The van der Waals surface area contributed by atoms with Crippen LogP contribution in [-0.2, 0) is 11.3 Å². The van der Waals surface area contributed by atoms with Gasteiger partial charge in [0.15, 0.2) is 0 Å². The monoisotopic (exact) mass is 420 g/mol. The lowest BCUT2D eigenvalue weighted by Gasteiger charge is -2.30. The summed E-state index contributed by atoms with van der Waals surface area (Å²) in [5.74, 6) is 1.56. The molecule has 4 nitrogen and oxygen atoms in total. The average Bonchev–Trinajstić information content (AvgIpc) is 3.08. The minimum Gasteiger partial charge on any atom is -0.497 e. The van der Waals surface area contributed by atoms with Crippen LogP contribution in [-0.4, -0.2) is 24.1 Å². The predicted molar refractivity (Wildman–Crippen MR) is 129 cm³/mol. The van der Waals surface area contributed by atoms with Gasteiger partial charge in [-0.1, -0.05) is 65.0 Å². The molecular formula is C27H36N2O2. The Labute approximate surface area is 186 Å². The third-order valence-corrected chi connectivity index (χ3v) is 5.85. The van der Waals surface area contributed by atoms with Gasteiger partial charge in [-0.05, 0) is 46.6 Å². The molecule has 0 radical (unpaired) electrons. The molecule has 1 heterocycles. The molecule has 2 aromatic carbocycles. The first-order chi connectivity index (χ1) is 14.7. The molecule has 0 aliphatic rings. The van der Waals surface area contributed by atoms with Crippen molar-refractivity contribution >= 4 is 16.8 Å². The van der Waals surface area contributed by atoms with E-state index in [1.165, 1.54) is 22.0 Å². The highest BCUT2D eigenvalue weighted by Crippen LogP contribution is 2.41. The number of amides is 1. The fraction of sp³-hybridized carbons (Fsp3) is 0.444. The van der Waals surface area contributed by atoms with Gasteiger partial charge in [-0.3, -0.25) is 4.79 Å². The van der Waals surface area contributed by atoms with E-state index in [-0.39, 0.29) is 17.2 Å². The van der Waals surface area contributed by atoms with Gasteiger partial charge < -0.3 is 14.6 Å². The van der Waals surface area contributed by atoms with Crippen LogP contribution >= 0.6 is 0 Å². The van der Waals surface area contributed by atoms with Crippen LogP contribution in [0.5, 0.6) is 5.75 Å². The Bertz CT molecular complexity index is 1010. The van der Waals surface area contributed by atoms with Crippen LogP contribution in [0.3, 0.4) is 0 Å². The van der Waals surface area contributed by atoms with Crippen LogP contribution in [0.25, 0.3) is 10.9 Å². The minimum atomic E-state index is -0.0375. The number of aromatic nitrogens is 1. The number of rotatable bonds is 8. The molecule has 0 unspecified atom stereocenters. The third kappa shape index (κ3) is 5.69. The Kier molecular flexibility index (Phi) is 7.09. The molecule has 0 saturated heterocycles. The van der Waals surface area contributed by atoms with E-state index >= 15 is 0 Å². The number of nitrogens with one attached hydrogen (secondary N) is 1. The summed E-state index contributed by atoms with van der Waals surface area (Å²) in [4.78, 5) is 12.7. The average molecular weight is 421 g/mol. The zero-order chi connectivity index (χ0) is 22.6. The molecular weight excluding hydrogens is 384 g/mol. The maximum Gasteiger partial charge on any atom is 0.220 e. The van der Waals surface area contributed by atoms with Gasteiger partial charge in [0, 0.05) is 36.6 Å². The van der Waals surface area contributed by atoms with Gasteiger partial charge in [0.25, 0.3) is 0 Å². The summed E-state index contributed by atoms with van der Waals surface area (Å²) in [5.41, 5.74) is 3.63. The molecule has 1 atom stereocenters. The van der Waals surface area contributed by atoms with Crippen molar-refractivity contribution in [2.45, 2.75) is 53.5 Å². The maximum absolute atomic E-state index is 12.7. The SMILES string of the molecule is COc1ccc(Cn2cc([C@H](CC(=O)NCC(C)C)C(C)(C)C)c3ccccc32)cc1. The molecule has 1 N–H and O–H groups in total. The Morgan fingerprint density at radius 3 is 2.35 bits per heavy atom. The van der Waals surface area contributed by atoms with Gasteiger partial charge in [0.1, 0.15) is 5.75 Å². The van der Waals surface area contributed by atoms with Crippen molar-refractivity contribution in [3.8, 4) is 5.75 Å². The predicted octanol–water partition coefficient (Wildman–Crippen LogP) is 5.99. The first kappa shape index (κ1) is 22.9. The van der Waals surface area contributed by atoms with Crippen molar-refractivity contribution in [3.63, 3.8) is 0 Å². The number of ether oxygens (including phenoxy) is 1. The summed E-state index contributed by atoms with van der Waals surface area (Å²) in [5, 5.41) is 4.33. The number of nitrogens with zero attached hydrogens (tertiary/aromatic N) is 1. The van der Waals surface area contributed by atoms with Gasteiger partial charge in [0.05, 0.1) is 7.11 Å². The molecule has 4 heteroatoms. The fourth-order valence-corrected chi connectivity index (χ4v) is 4.07. The summed E-state index contributed by atoms with van der Waals surface area (Å²) in [6.45, 7) is 12.4. The van der Waals surface area contributed by atoms with E-state index in [1.54, 1.807) is 7.11 Å². The van der Waals surface area contributed by atoms with Crippen molar-refractivity contribution in [2.75, 3.05) is 13.7 Å². The van der Waals surface area contributed by atoms with E-state index in [4.69, 9.17) is 4.74 Å². The molecule has 0 aliphatic carbocycles. The van der Waals surface area contributed by atoms with Crippen molar-refractivity contribution in [2.24, 2.45) is 11.3 Å². The van der Waals surface area contributed by atoms with E-state index in [2.05, 4.69) is 87.1 Å². The van der Waals surface area contributed by atoms with E-state index in [9.17, 15) is 4.79 Å². The summed E-state index contributed by atoms with van der Waals surface area (Å²) < 4.78 is 7.59. The van der Waals surface area contributed by atoms with E-state index in [1.807, 2.05) is 12.1 Å².